The molecule has 8 nitrogen and oxygen atoms in total. The van der Waals surface area contributed by atoms with Gasteiger partial charge in [0.15, 0.2) is 5.84 Å². The molecule has 0 unspecified atom stereocenters. The van der Waals surface area contributed by atoms with Gasteiger partial charge in [-0.3, -0.25) is 9.52 Å². The van der Waals surface area contributed by atoms with Gasteiger partial charge >= 0.3 is 10.2 Å². The Morgan fingerprint density at radius 3 is 2.85 bits per heavy atom. The maximum Gasteiger partial charge on any atom is 0.344 e. The van der Waals surface area contributed by atoms with Crippen molar-refractivity contribution in [2.45, 2.75) is 39.7 Å². The van der Waals surface area contributed by atoms with E-state index in [4.69, 9.17) is 10.5 Å². The zero-order valence-electron chi connectivity index (χ0n) is 15.2. The van der Waals surface area contributed by atoms with Crippen LogP contribution in [0.25, 0.3) is 0 Å². The van der Waals surface area contributed by atoms with Crippen LogP contribution in [-0.2, 0) is 15.0 Å². The van der Waals surface area contributed by atoms with E-state index in [1.807, 2.05) is 25.7 Å². The molecule has 3 rings (SSSR count). The van der Waals surface area contributed by atoms with Crippen LogP contribution in [0.15, 0.2) is 22.6 Å². The van der Waals surface area contributed by atoms with Gasteiger partial charge in [-0.25, -0.2) is 0 Å². The van der Waals surface area contributed by atoms with Gasteiger partial charge in [-0.15, -0.1) is 4.40 Å². The zero-order valence-corrected chi connectivity index (χ0v) is 16.0. The molecule has 0 aromatic heterocycles. The highest BCUT2D eigenvalue weighted by Gasteiger charge is 2.35. The first-order valence-electron chi connectivity index (χ1n) is 8.54. The summed E-state index contributed by atoms with van der Waals surface area (Å²) in [6.07, 6.45) is 1.80. The minimum Gasteiger partial charge on any atom is -0.491 e. The lowest BCUT2D eigenvalue weighted by Crippen LogP contribution is -2.44. The highest BCUT2D eigenvalue weighted by atomic mass is 32.2. The predicted molar refractivity (Wildman–Crippen MR) is 99.4 cm³/mol. The molecule has 1 atom stereocenters. The number of nitrogens with one attached hydrogen (secondary N) is 1. The summed E-state index contributed by atoms with van der Waals surface area (Å²) < 4.78 is 35.1. The Labute approximate surface area is 153 Å². The Morgan fingerprint density at radius 2 is 2.15 bits per heavy atom. The zero-order chi connectivity index (χ0) is 19.1. The van der Waals surface area contributed by atoms with E-state index in [1.165, 1.54) is 0 Å². The first kappa shape index (κ1) is 18.5. The van der Waals surface area contributed by atoms with Gasteiger partial charge in [-0.05, 0) is 25.0 Å². The number of amides is 1. The number of rotatable bonds is 3. The van der Waals surface area contributed by atoms with E-state index < -0.39 is 15.6 Å². The third-order valence-electron chi connectivity index (χ3n) is 4.45. The third kappa shape index (κ3) is 3.62. The van der Waals surface area contributed by atoms with Crippen LogP contribution in [0.2, 0.25) is 0 Å². The molecule has 1 fully saturated rings. The van der Waals surface area contributed by atoms with E-state index in [0.717, 1.165) is 19.4 Å². The van der Waals surface area contributed by atoms with Crippen molar-refractivity contribution in [3.8, 4) is 5.75 Å². The van der Waals surface area contributed by atoms with E-state index >= 15 is 0 Å². The minimum absolute atomic E-state index is 0.0176. The van der Waals surface area contributed by atoms with Crippen LogP contribution in [0.5, 0.6) is 5.75 Å². The van der Waals surface area contributed by atoms with Crippen molar-refractivity contribution in [3.63, 3.8) is 0 Å². The molecular weight excluding hydrogens is 356 g/mol. The minimum atomic E-state index is -3.82. The van der Waals surface area contributed by atoms with Crippen LogP contribution >= 0.6 is 0 Å². The van der Waals surface area contributed by atoms with E-state index in [0.29, 0.717) is 23.6 Å². The van der Waals surface area contributed by atoms with Crippen molar-refractivity contribution >= 4 is 27.6 Å². The number of anilines is 1. The number of benzene rings is 1. The third-order valence-corrected chi connectivity index (χ3v) is 5.37. The number of fused-ring (bicyclic) bond motifs is 1. The second kappa shape index (κ2) is 6.46. The lowest BCUT2D eigenvalue weighted by atomic mass is 9.94. The van der Waals surface area contributed by atoms with Crippen molar-refractivity contribution in [2.24, 2.45) is 15.5 Å². The number of hydrogen-bond donors (Lipinski definition) is 2. The molecule has 26 heavy (non-hydrogen) atoms. The number of amidine groups is 1. The largest absolute Gasteiger partial charge is 0.491 e. The van der Waals surface area contributed by atoms with Gasteiger partial charge < -0.3 is 15.4 Å². The SMILES string of the molecule is CC(C)(C)C(=O)N1CCC[C@@H]1COc1cccc2c1C(N)=NS(=O)(=O)N2. The predicted octanol–water partition coefficient (Wildman–Crippen LogP) is 1.48. The molecule has 1 saturated heterocycles. The van der Waals surface area contributed by atoms with Gasteiger partial charge in [0.1, 0.15) is 12.4 Å². The molecule has 2 aliphatic heterocycles. The summed E-state index contributed by atoms with van der Waals surface area (Å²) in [5.41, 5.74) is 6.15. The molecule has 0 saturated carbocycles. The molecule has 9 heteroatoms. The van der Waals surface area contributed by atoms with E-state index in [-0.39, 0.29) is 17.8 Å². The first-order chi connectivity index (χ1) is 12.1. The van der Waals surface area contributed by atoms with Crippen LogP contribution in [-0.4, -0.2) is 44.3 Å². The number of carbonyl (C=O) groups excluding carboxylic acids is 1. The fourth-order valence-electron chi connectivity index (χ4n) is 3.23. The Morgan fingerprint density at radius 1 is 1.42 bits per heavy atom. The molecule has 2 aliphatic rings. The quantitative estimate of drug-likeness (QED) is 0.824. The number of hydrogen-bond acceptors (Lipinski definition) is 5. The maximum absolute atomic E-state index is 12.6. The highest BCUT2D eigenvalue weighted by molar-refractivity contribution is 7.91. The molecule has 1 amide bonds. The average Bonchev–Trinajstić information content (AvgIpc) is 2.97. The molecule has 1 aromatic carbocycles. The van der Waals surface area contributed by atoms with Gasteiger partial charge in [0.25, 0.3) is 0 Å². The van der Waals surface area contributed by atoms with Gasteiger partial charge in [0, 0.05) is 12.0 Å². The second-order valence-electron chi connectivity index (χ2n) is 7.59. The Kier molecular flexibility index (Phi) is 4.60. The van der Waals surface area contributed by atoms with Crippen molar-refractivity contribution in [1.82, 2.24) is 4.90 Å². The van der Waals surface area contributed by atoms with Crippen LogP contribution in [0.1, 0.15) is 39.2 Å². The van der Waals surface area contributed by atoms with E-state index in [1.54, 1.807) is 18.2 Å². The van der Waals surface area contributed by atoms with Gasteiger partial charge in [-0.1, -0.05) is 26.8 Å². The Hall–Kier alpha value is -2.29. The van der Waals surface area contributed by atoms with Gasteiger partial charge in [0.05, 0.1) is 17.3 Å². The average molecular weight is 380 g/mol. The van der Waals surface area contributed by atoms with Crippen molar-refractivity contribution < 1.29 is 17.9 Å². The van der Waals surface area contributed by atoms with Crippen LogP contribution in [0, 0.1) is 5.41 Å². The fraction of sp³-hybridized carbons (Fsp3) is 0.529. The molecule has 0 radical (unpaired) electrons. The highest BCUT2D eigenvalue weighted by Crippen LogP contribution is 2.31. The first-order valence-corrected chi connectivity index (χ1v) is 9.98. The van der Waals surface area contributed by atoms with Crippen LogP contribution in [0.4, 0.5) is 5.69 Å². The summed E-state index contributed by atoms with van der Waals surface area (Å²) in [4.78, 5) is 14.5. The molecule has 1 aromatic rings. The number of nitrogens with zero attached hydrogens (tertiary/aromatic N) is 2. The van der Waals surface area contributed by atoms with Crippen molar-refractivity contribution in [1.29, 1.82) is 0 Å². The summed E-state index contributed by atoms with van der Waals surface area (Å²) in [5, 5.41) is 0. The second-order valence-corrected chi connectivity index (χ2v) is 8.92. The van der Waals surface area contributed by atoms with Gasteiger partial charge in [-0.2, -0.15) is 8.42 Å². The molecule has 0 aliphatic carbocycles. The number of likely N-dealkylation sites (tertiary alicyclic amines) is 1. The van der Waals surface area contributed by atoms with Crippen molar-refractivity contribution in [3.05, 3.63) is 23.8 Å². The standard InChI is InChI=1S/C17H24N4O4S/c1-17(2,3)16(22)21-9-5-6-11(21)10-25-13-8-4-7-12-14(13)15(18)20-26(23,24)19-12/h4,7-8,11,19H,5-6,9-10H2,1-3H3,(H2,18,20)/t11-/m1/s1. The summed E-state index contributed by atoms with van der Waals surface area (Å²) in [6.45, 7) is 6.76. The molecule has 3 N–H and O–H groups in total. The summed E-state index contributed by atoms with van der Waals surface area (Å²) in [5.74, 6) is 0.442. The smallest absolute Gasteiger partial charge is 0.344 e. The maximum atomic E-state index is 12.6. The molecule has 0 bridgehead atoms. The lowest BCUT2D eigenvalue weighted by molar-refractivity contribution is -0.140. The fourth-order valence-corrected chi connectivity index (χ4v) is 4.07. The number of carbonyl (C=O) groups is 1. The van der Waals surface area contributed by atoms with Gasteiger partial charge in [0.2, 0.25) is 5.91 Å². The Balaban J connectivity index is 1.78. The topological polar surface area (TPSA) is 114 Å². The molecule has 0 spiro atoms. The summed E-state index contributed by atoms with van der Waals surface area (Å²) >= 11 is 0. The van der Waals surface area contributed by atoms with Crippen LogP contribution in [0.3, 0.4) is 0 Å². The molecule has 142 valence electrons. The van der Waals surface area contributed by atoms with Crippen LogP contribution < -0.4 is 15.2 Å². The lowest BCUT2D eigenvalue weighted by Gasteiger charge is -2.31. The molecular formula is C17H24N4O4S. The molecule has 2 heterocycles. The van der Waals surface area contributed by atoms with E-state index in [9.17, 15) is 13.2 Å². The van der Waals surface area contributed by atoms with Crippen molar-refractivity contribution in [2.75, 3.05) is 17.9 Å². The van der Waals surface area contributed by atoms with E-state index in [2.05, 4.69) is 9.12 Å². The monoisotopic (exact) mass is 380 g/mol. The normalized spacial score (nSPS) is 21.6. The number of ether oxygens (including phenoxy) is 1. The summed E-state index contributed by atoms with van der Waals surface area (Å²) in [7, 11) is -3.82. The Bertz CT molecular complexity index is 858. The number of nitrogens with two attached hydrogens (primary N) is 1. The summed E-state index contributed by atoms with van der Waals surface area (Å²) in [6, 6.07) is 4.98.